The van der Waals surface area contributed by atoms with E-state index in [0.717, 1.165) is 16.0 Å². The average Bonchev–Trinajstić information content (AvgIpc) is 3.20. The van der Waals surface area contributed by atoms with Crippen molar-refractivity contribution in [3.05, 3.63) is 47.6 Å². The zero-order valence-electron chi connectivity index (χ0n) is 15.5. The molecule has 1 aromatic carbocycles. The van der Waals surface area contributed by atoms with Crippen LogP contribution in [0.2, 0.25) is 0 Å². The number of primary sulfonamides is 1. The second-order valence-corrected chi connectivity index (χ2v) is 9.06. The van der Waals surface area contributed by atoms with Crippen LogP contribution in [0.4, 0.5) is 10.6 Å². The van der Waals surface area contributed by atoms with Crippen LogP contribution < -0.4 is 15.4 Å². The molecule has 3 aromatic rings. The number of nitrogens with zero attached hydrogens (tertiary/aromatic N) is 4. The van der Waals surface area contributed by atoms with Gasteiger partial charge in [-0.1, -0.05) is 18.2 Å². The minimum Gasteiger partial charge on any atom is -0.352 e. The van der Waals surface area contributed by atoms with Crippen LogP contribution in [0.1, 0.15) is 5.56 Å². The number of fused-ring (bicyclic) bond motifs is 1. The number of hydrogen-bond acceptors (Lipinski definition) is 7. The lowest BCUT2D eigenvalue weighted by Crippen LogP contribution is -2.52. The summed E-state index contributed by atoms with van der Waals surface area (Å²) in [6.45, 7) is 2.49. The van der Waals surface area contributed by atoms with Gasteiger partial charge in [-0.15, -0.1) is 11.3 Å². The van der Waals surface area contributed by atoms with E-state index in [2.05, 4.69) is 20.2 Å². The van der Waals surface area contributed by atoms with Crippen molar-refractivity contribution in [3.8, 4) is 0 Å². The Morgan fingerprint density at radius 3 is 2.66 bits per heavy atom. The molecule has 29 heavy (non-hydrogen) atoms. The van der Waals surface area contributed by atoms with Crippen LogP contribution in [0.15, 0.2) is 46.9 Å². The number of amides is 2. The summed E-state index contributed by atoms with van der Waals surface area (Å²) in [6, 6.07) is 8.11. The number of nitrogens with one attached hydrogen (secondary N) is 1. The van der Waals surface area contributed by atoms with Gasteiger partial charge < -0.3 is 15.1 Å². The number of thiophene rings is 1. The molecule has 1 fully saturated rings. The molecule has 1 aliphatic heterocycles. The smallest absolute Gasteiger partial charge is 0.317 e. The number of rotatable bonds is 4. The first-order chi connectivity index (χ1) is 13.9. The Labute approximate surface area is 172 Å². The molecule has 0 radical (unpaired) electrons. The van der Waals surface area contributed by atoms with Crippen LogP contribution in [0.25, 0.3) is 10.2 Å². The second kappa shape index (κ2) is 7.93. The van der Waals surface area contributed by atoms with Crippen molar-refractivity contribution in [1.82, 2.24) is 20.2 Å². The Morgan fingerprint density at radius 2 is 1.90 bits per heavy atom. The predicted molar refractivity (Wildman–Crippen MR) is 111 cm³/mol. The number of anilines is 1. The Morgan fingerprint density at radius 1 is 1.14 bits per heavy atom. The molecule has 1 aliphatic rings. The minimum absolute atomic E-state index is 0.0221. The maximum absolute atomic E-state index is 12.5. The van der Waals surface area contributed by atoms with Crippen molar-refractivity contribution >= 4 is 43.4 Å². The van der Waals surface area contributed by atoms with Gasteiger partial charge in [0.15, 0.2) is 0 Å². The Hall–Kier alpha value is -2.76. The van der Waals surface area contributed by atoms with E-state index in [0.29, 0.717) is 31.7 Å². The first-order valence-electron chi connectivity index (χ1n) is 9.00. The van der Waals surface area contributed by atoms with Crippen molar-refractivity contribution in [2.75, 3.05) is 31.1 Å². The number of urea groups is 1. The minimum atomic E-state index is -3.84. The highest BCUT2D eigenvalue weighted by Gasteiger charge is 2.24. The molecular weight excluding hydrogens is 412 g/mol. The van der Waals surface area contributed by atoms with Gasteiger partial charge in [0.05, 0.1) is 15.1 Å². The molecule has 0 bridgehead atoms. The maximum Gasteiger partial charge on any atom is 0.317 e. The van der Waals surface area contributed by atoms with Crippen LogP contribution in [-0.4, -0.2) is 55.5 Å². The molecule has 9 nitrogen and oxygen atoms in total. The second-order valence-electron chi connectivity index (χ2n) is 6.62. The molecule has 3 N–H and O–H groups in total. The average molecular weight is 433 g/mol. The molecular formula is C18H20N6O3S2. The van der Waals surface area contributed by atoms with Gasteiger partial charge >= 0.3 is 6.03 Å². The SMILES string of the molecule is NS(=O)(=O)c1ccccc1CNC(=O)N1CCN(c2ncnc3ccsc23)CC1. The third-order valence-corrected chi connectivity index (χ3v) is 6.71. The fraction of sp³-hybridized carbons (Fsp3) is 0.278. The van der Waals surface area contributed by atoms with Crippen molar-refractivity contribution in [2.45, 2.75) is 11.4 Å². The molecule has 2 aromatic heterocycles. The molecule has 4 rings (SSSR count). The molecule has 0 spiro atoms. The number of piperazine rings is 1. The van der Waals surface area contributed by atoms with Gasteiger partial charge in [-0.05, 0) is 23.1 Å². The number of aromatic nitrogens is 2. The molecule has 0 atom stereocenters. The predicted octanol–water partition coefficient (Wildman–Crippen LogP) is 1.37. The van der Waals surface area contributed by atoms with Crippen molar-refractivity contribution in [1.29, 1.82) is 0 Å². The Balaban J connectivity index is 1.37. The van der Waals surface area contributed by atoms with Crippen LogP contribution in [0, 0.1) is 0 Å². The number of nitrogens with two attached hydrogens (primary N) is 1. The van der Waals surface area contributed by atoms with Gasteiger partial charge in [0.1, 0.15) is 12.1 Å². The van der Waals surface area contributed by atoms with E-state index in [-0.39, 0.29) is 17.5 Å². The van der Waals surface area contributed by atoms with Crippen molar-refractivity contribution in [3.63, 3.8) is 0 Å². The van der Waals surface area contributed by atoms with E-state index in [1.54, 1.807) is 40.8 Å². The topological polar surface area (TPSA) is 122 Å². The third-order valence-electron chi connectivity index (χ3n) is 4.80. The molecule has 11 heteroatoms. The van der Waals surface area contributed by atoms with E-state index in [9.17, 15) is 13.2 Å². The van der Waals surface area contributed by atoms with Gasteiger partial charge in [0.25, 0.3) is 0 Å². The van der Waals surface area contributed by atoms with E-state index < -0.39 is 10.0 Å². The number of hydrogen-bond donors (Lipinski definition) is 2. The Kier molecular flexibility index (Phi) is 5.35. The summed E-state index contributed by atoms with van der Waals surface area (Å²) in [6.07, 6.45) is 1.56. The van der Waals surface area contributed by atoms with Crippen LogP contribution in [-0.2, 0) is 16.6 Å². The summed E-state index contributed by atoms with van der Waals surface area (Å²) >= 11 is 1.60. The maximum atomic E-state index is 12.5. The lowest BCUT2D eigenvalue weighted by molar-refractivity contribution is 0.193. The fourth-order valence-electron chi connectivity index (χ4n) is 3.33. The number of benzene rings is 1. The van der Waals surface area contributed by atoms with Gasteiger partial charge in [0, 0.05) is 32.7 Å². The van der Waals surface area contributed by atoms with Gasteiger partial charge in [-0.25, -0.2) is 28.3 Å². The quantitative estimate of drug-likeness (QED) is 0.642. The van der Waals surface area contributed by atoms with E-state index in [4.69, 9.17) is 5.14 Å². The molecule has 3 heterocycles. The van der Waals surface area contributed by atoms with Gasteiger partial charge in [0.2, 0.25) is 10.0 Å². The van der Waals surface area contributed by atoms with Gasteiger partial charge in [-0.2, -0.15) is 0 Å². The first-order valence-corrected chi connectivity index (χ1v) is 11.4. The highest BCUT2D eigenvalue weighted by Crippen LogP contribution is 2.28. The third kappa shape index (κ3) is 4.16. The number of carbonyl (C=O) groups is 1. The van der Waals surface area contributed by atoms with E-state index >= 15 is 0 Å². The highest BCUT2D eigenvalue weighted by molar-refractivity contribution is 7.89. The summed E-state index contributed by atoms with van der Waals surface area (Å²) < 4.78 is 24.4. The van der Waals surface area contributed by atoms with E-state index in [1.165, 1.54) is 6.07 Å². The van der Waals surface area contributed by atoms with Crippen LogP contribution in [0.3, 0.4) is 0 Å². The molecule has 152 valence electrons. The standard InChI is InChI=1S/C18H20N6O3S2/c19-29(26,27)15-4-2-1-3-13(15)11-20-18(25)24-8-6-23(7-9-24)17-16-14(5-10-28-16)21-12-22-17/h1-5,10,12H,6-9,11H2,(H,20,25)(H2,19,26,27). The van der Waals surface area contributed by atoms with Gasteiger partial charge in [-0.3, -0.25) is 0 Å². The summed E-state index contributed by atoms with van der Waals surface area (Å²) in [5.74, 6) is 0.895. The Bertz CT molecular complexity index is 1140. The summed E-state index contributed by atoms with van der Waals surface area (Å²) in [7, 11) is -3.84. The highest BCUT2D eigenvalue weighted by atomic mass is 32.2. The fourth-order valence-corrected chi connectivity index (χ4v) is 4.97. The summed E-state index contributed by atoms with van der Waals surface area (Å²) in [4.78, 5) is 25.1. The van der Waals surface area contributed by atoms with Crippen molar-refractivity contribution in [2.24, 2.45) is 5.14 Å². The molecule has 1 saturated heterocycles. The number of carbonyl (C=O) groups excluding carboxylic acids is 1. The van der Waals surface area contributed by atoms with Crippen LogP contribution >= 0.6 is 11.3 Å². The summed E-state index contributed by atoms with van der Waals surface area (Å²) in [5.41, 5.74) is 1.39. The zero-order valence-corrected chi connectivity index (χ0v) is 17.1. The summed E-state index contributed by atoms with van der Waals surface area (Å²) in [5, 5.41) is 10.0. The lowest BCUT2D eigenvalue weighted by Gasteiger charge is -2.35. The monoisotopic (exact) mass is 432 g/mol. The molecule has 0 unspecified atom stereocenters. The largest absolute Gasteiger partial charge is 0.352 e. The van der Waals surface area contributed by atoms with E-state index in [1.807, 2.05) is 11.4 Å². The lowest BCUT2D eigenvalue weighted by atomic mass is 10.2. The van der Waals surface area contributed by atoms with Crippen molar-refractivity contribution < 1.29 is 13.2 Å². The molecule has 0 saturated carbocycles. The molecule has 2 amide bonds. The number of sulfonamides is 1. The van der Waals surface area contributed by atoms with Crippen LogP contribution in [0.5, 0.6) is 0 Å². The zero-order chi connectivity index (χ0) is 20.4. The first kappa shape index (κ1) is 19.6. The molecule has 0 aliphatic carbocycles. The normalized spacial score (nSPS) is 14.9.